The molecule has 0 saturated heterocycles. The second kappa shape index (κ2) is 7.80. The number of hydrogen-bond acceptors (Lipinski definition) is 4. The minimum absolute atomic E-state index is 0.205. The van der Waals surface area contributed by atoms with Gasteiger partial charge in [-0.15, -0.1) is 0 Å². The number of hydrogen-bond donors (Lipinski definition) is 3. The summed E-state index contributed by atoms with van der Waals surface area (Å²) in [6.07, 6.45) is -3.23. The van der Waals surface area contributed by atoms with Crippen molar-refractivity contribution in [2.45, 2.75) is 6.18 Å². The number of benzene rings is 2. The molecule has 0 fully saturated rings. The molecule has 0 aliphatic carbocycles. The number of aromatic nitrogens is 3. The second-order valence-electron chi connectivity index (χ2n) is 6.39. The van der Waals surface area contributed by atoms with Crippen molar-refractivity contribution in [3.8, 4) is 11.5 Å². The molecule has 4 rings (SSSR count). The fourth-order valence-corrected chi connectivity index (χ4v) is 3.07. The van der Waals surface area contributed by atoms with Crippen LogP contribution in [0.2, 0.25) is 5.02 Å². The van der Waals surface area contributed by atoms with Crippen LogP contribution >= 0.6 is 11.6 Å². The molecule has 2 aromatic carbocycles. The Bertz CT molecular complexity index is 1350. The van der Waals surface area contributed by atoms with Gasteiger partial charge >= 0.3 is 11.9 Å². The number of ether oxygens (including phenoxy) is 1. The van der Waals surface area contributed by atoms with Crippen LogP contribution in [0, 0.1) is 0 Å². The second-order valence-corrected chi connectivity index (χ2v) is 6.80. The molecular formula is C20H12ClF3N4O3. The largest absolute Gasteiger partial charge is 0.455 e. The first-order valence-electron chi connectivity index (χ1n) is 8.74. The van der Waals surface area contributed by atoms with E-state index in [0.29, 0.717) is 34.4 Å². The number of amides is 1. The number of H-pyrrole nitrogens is 2. The predicted octanol–water partition coefficient (Wildman–Crippen LogP) is 4.97. The average Bonchev–Trinajstić information content (AvgIpc) is 3.09. The van der Waals surface area contributed by atoms with Gasteiger partial charge in [0.1, 0.15) is 11.3 Å². The lowest BCUT2D eigenvalue weighted by Crippen LogP contribution is -2.14. The SMILES string of the molecule is O=C(Nc1cccc(Oc2ccnc3[nH]c(=O)[nH]c23)c1)c1ccc(Cl)c(C(F)(F)F)c1. The van der Waals surface area contributed by atoms with Gasteiger partial charge in [0.15, 0.2) is 11.4 Å². The smallest absolute Gasteiger partial charge is 0.417 e. The monoisotopic (exact) mass is 448 g/mol. The van der Waals surface area contributed by atoms with E-state index in [0.717, 1.165) is 6.07 Å². The molecular weight excluding hydrogens is 437 g/mol. The summed E-state index contributed by atoms with van der Waals surface area (Å²) in [5.41, 5.74) is -0.776. The van der Waals surface area contributed by atoms with Crippen LogP contribution in [0.5, 0.6) is 11.5 Å². The Labute approximate surface area is 176 Å². The minimum Gasteiger partial charge on any atom is -0.455 e. The maximum atomic E-state index is 13.0. The van der Waals surface area contributed by atoms with Crippen molar-refractivity contribution in [1.82, 2.24) is 15.0 Å². The normalized spacial score (nSPS) is 11.5. The molecule has 158 valence electrons. The Morgan fingerprint density at radius 3 is 2.68 bits per heavy atom. The zero-order valence-corrected chi connectivity index (χ0v) is 16.1. The van der Waals surface area contributed by atoms with E-state index in [1.54, 1.807) is 24.3 Å². The van der Waals surface area contributed by atoms with Crippen molar-refractivity contribution in [2.24, 2.45) is 0 Å². The number of anilines is 1. The third kappa shape index (κ3) is 4.38. The van der Waals surface area contributed by atoms with Gasteiger partial charge in [-0.1, -0.05) is 17.7 Å². The van der Waals surface area contributed by atoms with Crippen molar-refractivity contribution >= 4 is 34.4 Å². The molecule has 0 atom stereocenters. The maximum Gasteiger partial charge on any atom is 0.417 e. The van der Waals surface area contributed by atoms with Crippen molar-refractivity contribution in [3.05, 3.63) is 81.4 Å². The fourth-order valence-electron chi connectivity index (χ4n) is 2.85. The number of imidazole rings is 1. The fraction of sp³-hybridized carbons (Fsp3) is 0.0500. The summed E-state index contributed by atoms with van der Waals surface area (Å²) in [5, 5.41) is 2.02. The lowest BCUT2D eigenvalue weighted by Gasteiger charge is -2.12. The third-order valence-corrected chi connectivity index (χ3v) is 4.57. The van der Waals surface area contributed by atoms with Crippen LogP contribution in [0.4, 0.5) is 18.9 Å². The highest BCUT2D eigenvalue weighted by atomic mass is 35.5. The molecule has 7 nitrogen and oxygen atoms in total. The molecule has 4 aromatic rings. The van der Waals surface area contributed by atoms with Gasteiger partial charge < -0.3 is 15.0 Å². The number of rotatable bonds is 4. The molecule has 0 spiro atoms. The number of fused-ring (bicyclic) bond motifs is 1. The van der Waals surface area contributed by atoms with Gasteiger partial charge in [-0.05, 0) is 30.3 Å². The van der Waals surface area contributed by atoms with Gasteiger partial charge in [0.25, 0.3) is 5.91 Å². The van der Waals surface area contributed by atoms with Gasteiger partial charge in [0.05, 0.1) is 10.6 Å². The van der Waals surface area contributed by atoms with Crippen LogP contribution in [0.3, 0.4) is 0 Å². The number of carbonyl (C=O) groups is 1. The van der Waals surface area contributed by atoms with E-state index in [1.807, 2.05) is 0 Å². The van der Waals surface area contributed by atoms with Gasteiger partial charge in [-0.2, -0.15) is 13.2 Å². The molecule has 11 heteroatoms. The molecule has 0 saturated carbocycles. The van der Waals surface area contributed by atoms with Crippen LogP contribution in [0.1, 0.15) is 15.9 Å². The van der Waals surface area contributed by atoms with Crippen LogP contribution < -0.4 is 15.7 Å². The summed E-state index contributed by atoms with van der Waals surface area (Å²) in [6, 6.07) is 10.7. The minimum atomic E-state index is -4.68. The Kier molecular flexibility index (Phi) is 5.15. The summed E-state index contributed by atoms with van der Waals surface area (Å²) in [5.74, 6) is -0.112. The van der Waals surface area contributed by atoms with Crippen LogP contribution in [-0.4, -0.2) is 20.9 Å². The zero-order valence-electron chi connectivity index (χ0n) is 15.4. The summed E-state index contributed by atoms with van der Waals surface area (Å²) in [6.45, 7) is 0. The molecule has 31 heavy (non-hydrogen) atoms. The maximum absolute atomic E-state index is 13.0. The number of alkyl halides is 3. The Morgan fingerprint density at radius 1 is 1.10 bits per heavy atom. The first kappa shape index (κ1) is 20.5. The zero-order chi connectivity index (χ0) is 22.2. The number of carbonyl (C=O) groups excluding carboxylic acids is 1. The van der Waals surface area contributed by atoms with Crippen LogP contribution in [0.25, 0.3) is 11.2 Å². The molecule has 0 unspecified atom stereocenters. The first-order valence-corrected chi connectivity index (χ1v) is 9.11. The number of pyridine rings is 1. The number of halogens is 4. The van der Waals surface area contributed by atoms with Crippen molar-refractivity contribution in [2.75, 3.05) is 5.32 Å². The van der Waals surface area contributed by atoms with E-state index < -0.39 is 28.4 Å². The molecule has 0 radical (unpaired) electrons. The Hall–Kier alpha value is -3.79. The van der Waals surface area contributed by atoms with Gasteiger partial charge in [0.2, 0.25) is 0 Å². The molecule has 2 aromatic heterocycles. The van der Waals surface area contributed by atoms with Gasteiger partial charge in [-0.25, -0.2) is 9.78 Å². The Balaban J connectivity index is 1.56. The van der Waals surface area contributed by atoms with E-state index >= 15 is 0 Å². The summed E-state index contributed by atoms with van der Waals surface area (Å²) in [7, 11) is 0. The summed E-state index contributed by atoms with van der Waals surface area (Å²) < 4.78 is 44.9. The van der Waals surface area contributed by atoms with E-state index in [-0.39, 0.29) is 5.56 Å². The highest BCUT2D eigenvalue weighted by Gasteiger charge is 2.33. The molecule has 2 heterocycles. The number of nitrogens with zero attached hydrogens (tertiary/aromatic N) is 1. The Morgan fingerprint density at radius 2 is 1.90 bits per heavy atom. The lowest BCUT2D eigenvalue weighted by atomic mass is 10.1. The standard InChI is InChI=1S/C20H12ClF3N4O3/c21-14-5-4-10(8-13(14)20(22,23)24)18(29)26-11-2-1-3-12(9-11)31-15-6-7-25-17-16(15)27-19(30)28-17/h1-9H,(H,26,29)(H2,25,27,28,30). The number of aromatic amines is 2. The molecule has 3 N–H and O–H groups in total. The highest BCUT2D eigenvalue weighted by Crippen LogP contribution is 2.35. The average molecular weight is 449 g/mol. The topological polar surface area (TPSA) is 99.9 Å². The summed E-state index contributed by atoms with van der Waals surface area (Å²) >= 11 is 5.59. The predicted molar refractivity (Wildman–Crippen MR) is 108 cm³/mol. The van der Waals surface area contributed by atoms with E-state index in [2.05, 4.69) is 20.3 Å². The van der Waals surface area contributed by atoms with Crippen molar-refractivity contribution in [1.29, 1.82) is 0 Å². The highest BCUT2D eigenvalue weighted by molar-refractivity contribution is 6.31. The van der Waals surface area contributed by atoms with Gasteiger partial charge in [-0.3, -0.25) is 9.78 Å². The van der Waals surface area contributed by atoms with E-state index in [1.165, 1.54) is 18.3 Å². The van der Waals surface area contributed by atoms with E-state index in [4.69, 9.17) is 16.3 Å². The lowest BCUT2D eigenvalue weighted by molar-refractivity contribution is -0.137. The molecule has 0 aliphatic heterocycles. The third-order valence-electron chi connectivity index (χ3n) is 4.24. The van der Waals surface area contributed by atoms with Crippen LogP contribution in [-0.2, 0) is 6.18 Å². The summed E-state index contributed by atoms with van der Waals surface area (Å²) in [4.78, 5) is 33.0. The van der Waals surface area contributed by atoms with Gasteiger partial charge in [0, 0.05) is 29.6 Å². The molecule has 1 amide bonds. The quantitative estimate of drug-likeness (QED) is 0.410. The van der Waals surface area contributed by atoms with Crippen molar-refractivity contribution < 1.29 is 22.7 Å². The molecule has 0 bridgehead atoms. The van der Waals surface area contributed by atoms with Crippen molar-refractivity contribution in [3.63, 3.8) is 0 Å². The molecule has 0 aliphatic rings. The van der Waals surface area contributed by atoms with E-state index in [9.17, 15) is 22.8 Å². The first-order chi connectivity index (χ1) is 14.7. The number of nitrogens with one attached hydrogen (secondary N) is 3. The van der Waals surface area contributed by atoms with Crippen LogP contribution in [0.15, 0.2) is 59.5 Å².